The molecule has 3 nitrogen and oxygen atoms in total. The quantitative estimate of drug-likeness (QED) is 0.917. The predicted molar refractivity (Wildman–Crippen MR) is 76.2 cm³/mol. The van der Waals surface area contributed by atoms with Crippen molar-refractivity contribution >= 4 is 17.3 Å². The van der Waals surface area contributed by atoms with Gasteiger partial charge in [0.05, 0.1) is 5.69 Å². The normalized spacial score (nSPS) is 10.7. The molecule has 2 rings (SSSR count). The van der Waals surface area contributed by atoms with E-state index in [1.165, 1.54) is 11.3 Å². The van der Waals surface area contributed by atoms with Crippen LogP contribution in [0.3, 0.4) is 0 Å². The van der Waals surface area contributed by atoms with E-state index in [0.29, 0.717) is 0 Å². The maximum atomic E-state index is 6.11. The van der Waals surface area contributed by atoms with Crippen molar-refractivity contribution in [2.45, 2.75) is 27.3 Å². The maximum Gasteiger partial charge on any atom is 0.0646 e. The molecule has 0 fully saturated rings. The number of nitrogens with one attached hydrogen (secondary N) is 1. The van der Waals surface area contributed by atoms with E-state index >= 15 is 0 Å². The Hall–Kier alpha value is -1.48. The molecule has 4 heteroatoms. The van der Waals surface area contributed by atoms with Crippen LogP contribution in [0.15, 0.2) is 18.2 Å². The van der Waals surface area contributed by atoms with Crippen molar-refractivity contribution in [2.24, 2.45) is 7.05 Å². The Morgan fingerprint density at radius 3 is 2.61 bits per heavy atom. The third-order valence-electron chi connectivity index (χ3n) is 3.38. The zero-order chi connectivity index (χ0) is 13.3. The average molecular weight is 264 g/mol. The molecule has 1 N–H and O–H groups in total. The molecule has 0 bridgehead atoms. The summed E-state index contributed by atoms with van der Waals surface area (Å²) in [6.07, 6.45) is 0. The van der Waals surface area contributed by atoms with Crippen molar-refractivity contribution in [3.8, 4) is 0 Å². The summed E-state index contributed by atoms with van der Waals surface area (Å²) in [5.74, 6) is 0. The standard InChI is InChI=1S/C14H18ClN3/c1-9-13(15)6-5-7-14(9)16-8-12-10(2)17-18(4)11(12)3/h5-7,16H,8H2,1-4H3. The van der Waals surface area contributed by atoms with Gasteiger partial charge in [0.25, 0.3) is 0 Å². The van der Waals surface area contributed by atoms with Crippen molar-refractivity contribution in [3.63, 3.8) is 0 Å². The topological polar surface area (TPSA) is 29.9 Å². The Balaban J connectivity index is 2.19. The van der Waals surface area contributed by atoms with E-state index in [4.69, 9.17) is 11.6 Å². The van der Waals surface area contributed by atoms with Crippen LogP contribution in [0.1, 0.15) is 22.5 Å². The first-order chi connectivity index (χ1) is 8.50. The summed E-state index contributed by atoms with van der Waals surface area (Å²) in [4.78, 5) is 0. The molecule has 0 unspecified atom stereocenters. The van der Waals surface area contributed by atoms with Gasteiger partial charge in [0.1, 0.15) is 0 Å². The number of hydrogen-bond donors (Lipinski definition) is 1. The molecule has 1 aromatic heterocycles. The first-order valence-electron chi connectivity index (χ1n) is 5.98. The van der Waals surface area contributed by atoms with Gasteiger partial charge in [-0.2, -0.15) is 5.10 Å². The Labute approximate surface area is 113 Å². The molecule has 0 aliphatic rings. The maximum absolute atomic E-state index is 6.11. The van der Waals surface area contributed by atoms with Gasteiger partial charge in [-0.15, -0.1) is 0 Å². The smallest absolute Gasteiger partial charge is 0.0646 e. The van der Waals surface area contributed by atoms with E-state index in [1.54, 1.807) is 0 Å². The zero-order valence-corrected chi connectivity index (χ0v) is 12.0. The van der Waals surface area contributed by atoms with E-state index in [2.05, 4.69) is 17.3 Å². The first kappa shape index (κ1) is 13.0. The van der Waals surface area contributed by atoms with Gasteiger partial charge in [-0.05, 0) is 38.5 Å². The molecule has 1 aromatic carbocycles. The number of benzene rings is 1. The van der Waals surface area contributed by atoms with Crippen LogP contribution >= 0.6 is 11.6 Å². The zero-order valence-electron chi connectivity index (χ0n) is 11.2. The molecule has 96 valence electrons. The highest BCUT2D eigenvalue weighted by atomic mass is 35.5. The Bertz CT molecular complexity index is 573. The Morgan fingerprint density at radius 2 is 2.00 bits per heavy atom. The summed E-state index contributed by atoms with van der Waals surface area (Å²) in [7, 11) is 1.97. The second kappa shape index (κ2) is 5.02. The van der Waals surface area contributed by atoms with Crippen LogP contribution in [0, 0.1) is 20.8 Å². The van der Waals surface area contributed by atoms with E-state index in [0.717, 1.165) is 28.5 Å². The molecule has 0 aliphatic carbocycles. The highest BCUT2D eigenvalue weighted by Gasteiger charge is 2.09. The van der Waals surface area contributed by atoms with Gasteiger partial charge < -0.3 is 5.32 Å². The molecule has 0 spiro atoms. The van der Waals surface area contributed by atoms with E-state index in [-0.39, 0.29) is 0 Å². The van der Waals surface area contributed by atoms with E-state index in [1.807, 2.05) is 43.8 Å². The second-order valence-corrected chi connectivity index (χ2v) is 4.95. The van der Waals surface area contributed by atoms with Gasteiger partial charge in [0, 0.05) is 35.6 Å². The number of rotatable bonds is 3. The van der Waals surface area contributed by atoms with Crippen molar-refractivity contribution in [1.82, 2.24) is 9.78 Å². The number of aromatic nitrogens is 2. The number of aryl methyl sites for hydroxylation is 2. The fourth-order valence-corrected chi connectivity index (χ4v) is 2.23. The van der Waals surface area contributed by atoms with Crippen LogP contribution in [0.25, 0.3) is 0 Å². The summed E-state index contributed by atoms with van der Waals surface area (Å²) in [6.45, 7) is 6.91. The molecule has 0 amide bonds. The highest BCUT2D eigenvalue weighted by Crippen LogP contribution is 2.24. The van der Waals surface area contributed by atoms with Crippen molar-refractivity contribution in [2.75, 3.05) is 5.32 Å². The number of anilines is 1. The van der Waals surface area contributed by atoms with Crippen LogP contribution in [-0.2, 0) is 13.6 Å². The van der Waals surface area contributed by atoms with E-state index in [9.17, 15) is 0 Å². The van der Waals surface area contributed by atoms with Gasteiger partial charge in [0.15, 0.2) is 0 Å². The van der Waals surface area contributed by atoms with Crippen LogP contribution in [0.2, 0.25) is 5.02 Å². The highest BCUT2D eigenvalue weighted by molar-refractivity contribution is 6.31. The number of hydrogen-bond acceptors (Lipinski definition) is 2. The first-order valence-corrected chi connectivity index (χ1v) is 6.36. The lowest BCUT2D eigenvalue weighted by Crippen LogP contribution is -2.03. The summed E-state index contributed by atoms with van der Waals surface area (Å²) in [5.41, 5.74) is 5.67. The predicted octanol–water partition coefficient (Wildman–Crippen LogP) is 3.61. The largest absolute Gasteiger partial charge is 0.381 e. The van der Waals surface area contributed by atoms with Crippen LogP contribution in [0.5, 0.6) is 0 Å². The molecule has 2 aromatic rings. The average Bonchev–Trinajstić information content (AvgIpc) is 2.56. The summed E-state index contributed by atoms with van der Waals surface area (Å²) in [5, 5.41) is 8.63. The lowest BCUT2D eigenvalue weighted by Gasteiger charge is -2.10. The SMILES string of the molecule is Cc1nn(C)c(C)c1CNc1cccc(Cl)c1C. The van der Waals surface area contributed by atoms with E-state index < -0.39 is 0 Å². The van der Waals surface area contributed by atoms with Gasteiger partial charge in [0.2, 0.25) is 0 Å². The van der Waals surface area contributed by atoms with Gasteiger partial charge >= 0.3 is 0 Å². The number of nitrogens with zero attached hydrogens (tertiary/aromatic N) is 2. The lowest BCUT2D eigenvalue weighted by atomic mass is 10.1. The summed E-state index contributed by atoms with van der Waals surface area (Å²) in [6, 6.07) is 5.91. The molecular weight excluding hydrogens is 246 g/mol. The van der Waals surface area contributed by atoms with Gasteiger partial charge in [-0.1, -0.05) is 17.7 Å². The molecular formula is C14H18ClN3. The van der Waals surface area contributed by atoms with Crippen molar-refractivity contribution in [3.05, 3.63) is 45.7 Å². The molecule has 0 saturated carbocycles. The van der Waals surface area contributed by atoms with Gasteiger partial charge in [-0.25, -0.2) is 0 Å². The lowest BCUT2D eigenvalue weighted by molar-refractivity contribution is 0.730. The van der Waals surface area contributed by atoms with Crippen LogP contribution in [-0.4, -0.2) is 9.78 Å². The molecule has 0 saturated heterocycles. The second-order valence-electron chi connectivity index (χ2n) is 4.54. The fourth-order valence-electron chi connectivity index (χ4n) is 2.06. The van der Waals surface area contributed by atoms with Crippen LogP contribution in [0.4, 0.5) is 5.69 Å². The monoisotopic (exact) mass is 263 g/mol. The Morgan fingerprint density at radius 1 is 1.28 bits per heavy atom. The molecule has 18 heavy (non-hydrogen) atoms. The third-order valence-corrected chi connectivity index (χ3v) is 3.79. The minimum Gasteiger partial charge on any atom is -0.381 e. The Kier molecular flexibility index (Phi) is 3.62. The fraction of sp³-hybridized carbons (Fsp3) is 0.357. The summed E-state index contributed by atoms with van der Waals surface area (Å²) >= 11 is 6.11. The van der Waals surface area contributed by atoms with Crippen molar-refractivity contribution in [1.29, 1.82) is 0 Å². The summed E-state index contributed by atoms with van der Waals surface area (Å²) < 4.78 is 1.91. The minimum absolute atomic E-state index is 0.771. The third kappa shape index (κ3) is 2.36. The molecule has 0 aliphatic heterocycles. The van der Waals surface area contributed by atoms with Crippen molar-refractivity contribution < 1.29 is 0 Å². The van der Waals surface area contributed by atoms with Crippen LogP contribution < -0.4 is 5.32 Å². The van der Waals surface area contributed by atoms with Gasteiger partial charge in [-0.3, -0.25) is 4.68 Å². The molecule has 1 heterocycles. The minimum atomic E-state index is 0.771. The molecule has 0 atom stereocenters. The molecule has 0 radical (unpaired) electrons. The number of halogens is 1.